The third kappa shape index (κ3) is 2.30. The van der Waals surface area contributed by atoms with E-state index >= 15 is 0 Å². The first-order chi connectivity index (χ1) is 9.66. The van der Waals surface area contributed by atoms with E-state index in [1.54, 1.807) is 0 Å². The van der Waals surface area contributed by atoms with Crippen LogP contribution in [0.4, 0.5) is 5.69 Å². The van der Waals surface area contributed by atoms with Crippen LogP contribution in [0.1, 0.15) is 43.6 Å². The van der Waals surface area contributed by atoms with Crippen molar-refractivity contribution in [2.24, 2.45) is 0 Å². The molecule has 1 heterocycles. The van der Waals surface area contributed by atoms with E-state index in [-0.39, 0.29) is 24.2 Å². The SMILES string of the molecule is CN(C(=O)C1CC(=O)Nc2ccccc21)C1CCCC1. The molecule has 0 spiro atoms. The number of nitrogens with zero attached hydrogens (tertiary/aromatic N) is 1. The van der Waals surface area contributed by atoms with Crippen LogP contribution in [-0.4, -0.2) is 29.8 Å². The van der Waals surface area contributed by atoms with Crippen LogP contribution in [0.2, 0.25) is 0 Å². The molecule has 4 heteroatoms. The van der Waals surface area contributed by atoms with Crippen molar-refractivity contribution in [3.8, 4) is 0 Å². The first-order valence-corrected chi connectivity index (χ1v) is 7.32. The van der Waals surface area contributed by atoms with Crippen molar-refractivity contribution in [1.29, 1.82) is 0 Å². The minimum atomic E-state index is -0.328. The molecule has 0 radical (unpaired) electrons. The van der Waals surface area contributed by atoms with E-state index in [0.29, 0.717) is 6.04 Å². The summed E-state index contributed by atoms with van der Waals surface area (Å²) in [5, 5.41) is 2.84. The number of anilines is 1. The average molecular weight is 272 g/mol. The number of benzene rings is 1. The predicted molar refractivity (Wildman–Crippen MR) is 77.5 cm³/mol. The van der Waals surface area contributed by atoms with Crippen LogP contribution in [-0.2, 0) is 9.59 Å². The molecule has 1 fully saturated rings. The molecule has 1 atom stereocenters. The van der Waals surface area contributed by atoms with Crippen molar-refractivity contribution in [2.45, 2.75) is 44.1 Å². The zero-order valence-electron chi connectivity index (χ0n) is 11.8. The minimum Gasteiger partial charge on any atom is -0.342 e. The van der Waals surface area contributed by atoms with Gasteiger partial charge in [0.1, 0.15) is 0 Å². The van der Waals surface area contributed by atoms with E-state index in [4.69, 9.17) is 0 Å². The number of hydrogen-bond donors (Lipinski definition) is 1. The third-order valence-electron chi connectivity index (χ3n) is 4.52. The molecule has 2 aliphatic rings. The Bertz CT molecular complexity index is 535. The molecule has 1 N–H and O–H groups in total. The molecule has 1 aliphatic carbocycles. The summed E-state index contributed by atoms with van der Waals surface area (Å²) in [5.41, 5.74) is 1.73. The van der Waals surface area contributed by atoms with Gasteiger partial charge in [-0.2, -0.15) is 0 Å². The first kappa shape index (κ1) is 13.2. The smallest absolute Gasteiger partial charge is 0.230 e. The van der Waals surface area contributed by atoms with Gasteiger partial charge in [0.2, 0.25) is 11.8 Å². The first-order valence-electron chi connectivity index (χ1n) is 7.32. The van der Waals surface area contributed by atoms with Crippen LogP contribution < -0.4 is 5.32 Å². The molecule has 4 nitrogen and oxygen atoms in total. The predicted octanol–water partition coefficient (Wildman–Crippen LogP) is 2.51. The third-order valence-corrected chi connectivity index (χ3v) is 4.52. The minimum absolute atomic E-state index is 0.0677. The van der Waals surface area contributed by atoms with Crippen LogP contribution in [0.15, 0.2) is 24.3 Å². The maximum absolute atomic E-state index is 12.7. The van der Waals surface area contributed by atoms with Gasteiger partial charge in [0.25, 0.3) is 0 Å². The normalized spacial score (nSPS) is 22.2. The number of para-hydroxylation sites is 1. The van der Waals surface area contributed by atoms with Gasteiger partial charge in [-0.1, -0.05) is 31.0 Å². The monoisotopic (exact) mass is 272 g/mol. The van der Waals surface area contributed by atoms with Crippen LogP contribution in [0.25, 0.3) is 0 Å². The molecule has 1 saturated carbocycles. The van der Waals surface area contributed by atoms with Crippen molar-refractivity contribution in [2.75, 3.05) is 12.4 Å². The summed E-state index contributed by atoms with van der Waals surface area (Å²) < 4.78 is 0. The lowest BCUT2D eigenvalue weighted by Gasteiger charge is -2.31. The Labute approximate surface area is 119 Å². The lowest BCUT2D eigenvalue weighted by molar-refractivity contribution is -0.135. The molecular weight excluding hydrogens is 252 g/mol. The lowest BCUT2D eigenvalue weighted by Crippen LogP contribution is -2.41. The molecule has 1 unspecified atom stereocenters. The van der Waals surface area contributed by atoms with Crippen LogP contribution in [0.5, 0.6) is 0 Å². The van der Waals surface area contributed by atoms with E-state index in [9.17, 15) is 9.59 Å². The number of hydrogen-bond acceptors (Lipinski definition) is 2. The van der Waals surface area contributed by atoms with Crippen molar-refractivity contribution in [3.63, 3.8) is 0 Å². The molecule has 106 valence electrons. The van der Waals surface area contributed by atoms with Gasteiger partial charge in [0.05, 0.1) is 5.92 Å². The van der Waals surface area contributed by atoms with Gasteiger partial charge in [-0.3, -0.25) is 9.59 Å². The molecule has 0 aromatic heterocycles. The van der Waals surface area contributed by atoms with Gasteiger partial charge >= 0.3 is 0 Å². The second-order valence-corrected chi connectivity index (χ2v) is 5.78. The summed E-state index contributed by atoms with van der Waals surface area (Å²) in [6.45, 7) is 0. The highest BCUT2D eigenvalue weighted by atomic mass is 16.2. The fraction of sp³-hybridized carbons (Fsp3) is 0.500. The van der Waals surface area contributed by atoms with E-state index in [1.807, 2.05) is 36.2 Å². The summed E-state index contributed by atoms with van der Waals surface area (Å²) in [6.07, 6.45) is 4.83. The molecule has 3 rings (SSSR count). The number of carbonyl (C=O) groups excluding carboxylic acids is 2. The molecule has 2 amide bonds. The standard InChI is InChI=1S/C16H20N2O2/c1-18(11-6-2-3-7-11)16(20)13-10-15(19)17-14-9-5-4-8-12(13)14/h4-5,8-9,11,13H,2-3,6-7,10H2,1H3,(H,17,19). The fourth-order valence-electron chi connectivity index (χ4n) is 3.35. The van der Waals surface area contributed by atoms with Crippen molar-refractivity contribution in [1.82, 2.24) is 4.90 Å². The Morgan fingerprint density at radius 1 is 1.25 bits per heavy atom. The van der Waals surface area contributed by atoms with Crippen molar-refractivity contribution in [3.05, 3.63) is 29.8 Å². The molecule has 0 bridgehead atoms. The second-order valence-electron chi connectivity index (χ2n) is 5.78. The van der Waals surface area contributed by atoms with Gasteiger partial charge in [0, 0.05) is 25.2 Å². The van der Waals surface area contributed by atoms with E-state index in [0.717, 1.165) is 24.1 Å². The number of rotatable bonds is 2. The summed E-state index contributed by atoms with van der Waals surface area (Å²) in [7, 11) is 1.88. The highest BCUT2D eigenvalue weighted by Gasteiger charge is 2.34. The summed E-state index contributed by atoms with van der Waals surface area (Å²) in [6, 6.07) is 7.96. The number of fused-ring (bicyclic) bond motifs is 1. The highest BCUT2D eigenvalue weighted by Crippen LogP contribution is 2.34. The summed E-state index contributed by atoms with van der Waals surface area (Å²) >= 11 is 0. The van der Waals surface area contributed by atoms with Gasteiger partial charge in [-0.15, -0.1) is 0 Å². The van der Waals surface area contributed by atoms with Crippen LogP contribution >= 0.6 is 0 Å². The largest absolute Gasteiger partial charge is 0.342 e. The Balaban J connectivity index is 1.85. The molecule has 1 aromatic carbocycles. The second kappa shape index (κ2) is 5.27. The average Bonchev–Trinajstić information content (AvgIpc) is 2.99. The van der Waals surface area contributed by atoms with Gasteiger partial charge in [0.15, 0.2) is 0 Å². The Morgan fingerprint density at radius 3 is 2.70 bits per heavy atom. The molecule has 1 aromatic rings. The van der Waals surface area contributed by atoms with Crippen molar-refractivity contribution < 1.29 is 9.59 Å². The summed E-state index contributed by atoms with van der Waals surface area (Å²) in [4.78, 5) is 26.4. The Morgan fingerprint density at radius 2 is 1.95 bits per heavy atom. The quantitative estimate of drug-likeness (QED) is 0.899. The maximum Gasteiger partial charge on any atom is 0.230 e. The van der Waals surface area contributed by atoms with Crippen molar-refractivity contribution >= 4 is 17.5 Å². The number of likely N-dealkylation sites (N-methyl/N-ethyl adjacent to an activating group) is 1. The maximum atomic E-state index is 12.7. The molecular formula is C16H20N2O2. The van der Waals surface area contributed by atoms with Gasteiger partial charge in [-0.05, 0) is 24.5 Å². The molecule has 20 heavy (non-hydrogen) atoms. The zero-order chi connectivity index (χ0) is 14.1. The Kier molecular flexibility index (Phi) is 3.47. The number of nitrogens with one attached hydrogen (secondary N) is 1. The van der Waals surface area contributed by atoms with E-state index < -0.39 is 0 Å². The summed E-state index contributed by atoms with van der Waals surface area (Å²) in [5.74, 6) is -0.313. The number of amides is 2. The fourth-order valence-corrected chi connectivity index (χ4v) is 3.35. The topological polar surface area (TPSA) is 49.4 Å². The Hall–Kier alpha value is -1.84. The highest BCUT2D eigenvalue weighted by molar-refractivity contribution is 6.01. The van der Waals surface area contributed by atoms with E-state index in [1.165, 1.54) is 12.8 Å². The zero-order valence-corrected chi connectivity index (χ0v) is 11.8. The lowest BCUT2D eigenvalue weighted by atomic mass is 9.89. The van der Waals surface area contributed by atoms with Gasteiger partial charge < -0.3 is 10.2 Å². The number of carbonyl (C=O) groups is 2. The van der Waals surface area contributed by atoms with Crippen LogP contribution in [0, 0.1) is 0 Å². The van der Waals surface area contributed by atoms with Gasteiger partial charge in [-0.25, -0.2) is 0 Å². The molecule has 1 aliphatic heterocycles. The van der Waals surface area contributed by atoms with E-state index in [2.05, 4.69) is 5.32 Å². The van der Waals surface area contributed by atoms with Crippen LogP contribution in [0.3, 0.4) is 0 Å². The molecule has 0 saturated heterocycles.